The minimum absolute atomic E-state index is 0.0684. The lowest BCUT2D eigenvalue weighted by Gasteiger charge is -2.41. The molecule has 0 radical (unpaired) electrons. The molecule has 2 aromatic carbocycles. The quantitative estimate of drug-likeness (QED) is 0.324. The van der Waals surface area contributed by atoms with Crippen LogP contribution in [0, 0.1) is 5.92 Å². The van der Waals surface area contributed by atoms with Gasteiger partial charge in [0.1, 0.15) is 0 Å². The first-order valence-electron chi connectivity index (χ1n) is 13.2. The van der Waals surface area contributed by atoms with E-state index in [0.717, 1.165) is 16.9 Å². The zero-order valence-corrected chi connectivity index (χ0v) is 24.7. The average Bonchev–Trinajstić information content (AvgIpc) is 3.25. The Morgan fingerprint density at radius 2 is 1.92 bits per heavy atom. The molecule has 2 N–H and O–H groups in total. The van der Waals surface area contributed by atoms with E-state index in [2.05, 4.69) is 77.5 Å². The lowest BCUT2D eigenvalue weighted by atomic mass is 9.86. The van der Waals surface area contributed by atoms with Gasteiger partial charge in [-0.3, -0.25) is 9.78 Å². The Hall–Kier alpha value is -3.42. The fourth-order valence-electron chi connectivity index (χ4n) is 5.37. The lowest BCUT2D eigenvalue weighted by Crippen LogP contribution is -2.42. The highest BCUT2D eigenvalue weighted by Gasteiger charge is 2.41. The molecule has 2 atom stereocenters. The van der Waals surface area contributed by atoms with E-state index in [4.69, 9.17) is 23.8 Å². The minimum atomic E-state index is -0.169. The SMILES string of the molecule is CC1=CC(C)(C)N(C)c2ccc([C@@H]3[C@@H](c4ccccn4)NC(=S)N3c3ccc(NC(=O)C(C)C)c(Cl)c3)cc21. The van der Waals surface area contributed by atoms with Crippen molar-refractivity contribution < 1.29 is 4.79 Å². The first-order chi connectivity index (χ1) is 18.5. The van der Waals surface area contributed by atoms with E-state index in [9.17, 15) is 4.79 Å². The second kappa shape index (κ2) is 10.3. The van der Waals surface area contributed by atoms with Crippen LogP contribution in [0.15, 0.2) is 66.9 Å². The van der Waals surface area contributed by atoms with Crippen LogP contribution in [0.3, 0.4) is 0 Å². The lowest BCUT2D eigenvalue weighted by molar-refractivity contribution is -0.118. The van der Waals surface area contributed by atoms with Crippen molar-refractivity contribution >= 4 is 57.5 Å². The van der Waals surface area contributed by atoms with E-state index < -0.39 is 0 Å². The Morgan fingerprint density at radius 3 is 2.59 bits per heavy atom. The molecular formula is C31H34ClN5OS. The normalized spacial score (nSPS) is 20.0. The molecule has 3 aromatic rings. The van der Waals surface area contributed by atoms with Crippen LogP contribution in [0.4, 0.5) is 17.1 Å². The van der Waals surface area contributed by atoms with Crippen LogP contribution in [0.2, 0.25) is 5.02 Å². The van der Waals surface area contributed by atoms with Gasteiger partial charge in [-0.25, -0.2) is 0 Å². The molecule has 1 fully saturated rings. The molecule has 0 unspecified atom stereocenters. The number of fused-ring (bicyclic) bond motifs is 1. The predicted octanol–water partition coefficient (Wildman–Crippen LogP) is 7.14. The number of anilines is 3. The number of pyridine rings is 1. The topological polar surface area (TPSA) is 60.5 Å². The van der Waals surface area contributed by atoms with Crippen LogP contribution in [-0.4, -0.2) is 28.6 Å². The number of thiocarbonyl (C=S) groups is 1. The summed E-state index contributed by atoms with van der Waals surface area (Å²) < 4.78 is 0. The maximum atomic E-state index is 12.3. The summed E-state index contributed by atoms with van der Waals surface area (Å²) in [6.07, 6.45) is 4.12. The molecule has 2 aliphatic heterocycles. The largest absolute Gasteiger partial charge is 0.366 e. The summed E-state index contributed by atoms with van der Waals surface area (Å²) in [4.78, 5) is 21.4. The number of rotatable bonds is 5. The minimum Gasteiger partial charge on any atom is -0.366 e. The van der Waals surface area contributed by atoms with Crippen LogP contribution in [0.1, 0.15) is 63.5 Å². The van der Waals surface area contributed by atoms with Crippen molar-refractivity contribution in [2.75, 3.05) is 22.2 Å². The Bertz CT molecular complexity index is 1470. The van der Waals surface area contributed by atoms with Gasteiger partial charge in [-0.15, -0.1) is 0 Å². The van der Waals surface area contributed by atoms with E-state index >= 15 is 0 Å². The number of carbonyl (C=O) groups is 1. The van der Waals surface area contributed by atoms with Crippen LogP contribution in [0.5, 0.6) is 0 Å². The summed E-state index contributed by atoms with van der Waals surface area (Å²) in [5.41, 5.74) is 7.03. The third-order valence-electron chi connectivity index (χ3n) is 7.69. The highest BCUT2D eigenvalue weighted by Crippen LogP contribution is 2.45. The summed E-state index contributed by atoms with van der Waals surface area (Å²) in [5.74, 6) is -0.229. The van der Waals surface area contributed by atoms with Gasteiger partial charge in [-0.1, -0.05) is 43.7 Å². The molecule has 1 aromatic heterocycles. The third kappa shape index (κ3) is 5.01. The Balaban J connectivity index is 1.60. The fraction of sp³-hybridized carbons (Fsp3) is 0.323. The zero-order valence-electron chi connectivity index (χ0n) is 23.1. The molecular weight excluding hydrogens is 526 g/mol. The number of nitrogens with zero attached hydrogens (tertiary/aromatic N) is 3. The van der Waals surface area contributed by atoms with Crippen LogP contribution < -0.4 is 20.4 Å². The van der Waals surface area contributed by atoms with E-state index in [1.54, 1.807) is 6.20 Å². The number of halogens is 1. The van der Waals surface area contributed by atoms with Crippen LogP contribution >= 0.6 is 23.8 Å². The van der Waals surface area contributed by atoms with Gasteiger partial charge in [0.25, 0.3) is 0 Å². The number of aromatic nitrogens is 1. The maximum absolute atomic E-state index is 12.3. The van der Waals surface area contributed by atoms with E-state index in [-0.39, 0.29) is 29.4 Å². The molecule has 202 valence electrons. The fourth-order valence-corrected chi connectivity index (χ4v) is 5.93. The maximum Gasteiger partial charge on any atom is 0.226 e. The van der Waals surface area contributed by atoms with Crippen molar-refractivity contribution in [1.29, 1.82) is 0 Å². The van der Waals surface area contributed by atoms with Gasteiger partial charge in [-0.2, -0.15) is 0 Å². The molecule has 5 rings (SSSR count). The summed E-state index contributed by atoms with van der Waals surface area (Å²) in [5, 5.41) is 7.47. The number of carbonyl (C=O) groups excluding carboxylic acids is 1. The van der Waals surface area contributed by atoms with Crippen molar-refractivity contribution in [3.05, 3.63) is 88.7 Å². The molecule has 2 aliphatic rings. The molecule has 1 amide bonds. The Kier molecular flexibility index (Phi) is 7.16. The molecule has 3 heterocycles. The molecule has 1 saturated heterocycles. The Morgan fingerprint density at radius 1 is 1.15 bits per heavy atom. The van der Waals surface area contributed by atoms with Crippen LogP contribution in [-0.2, 0) is 4.79 Å². The standard InChI is InChI=1S/C31H34ClN5OS/c1-18(2)29(38)34-24-12-11-21(16-23(24)32)37-28(27(35-30(37)39)25-9-7-8-14-33-25)20-10-13-26-22(15-20)19(3)17-31(4,5)36(26)6/h7-18,27-28H,1-6H3,(H,34,38)(H,35,39)/t27-,28-/m1/s1. The van der Waals surface area contributed by atoms with Gasteiger partial charge >= 0.3 is 0 Å². The van der Waals surface area contributed by atoms with Crippen molar-refractivity contribution in [2.24, 2.45) is 5.92 Å². The molecule has 8 heteroatoms. The number of likely N-dealkylation sites (N-methyl/N-ethyl adjacent to an activating group) is 1. The number of allylic oxidation sites excluding steroid dienone is 1. The van der Waals surface area contributed by atoms with Crippen molar-refractivity contribution in [1.82, 2.24) is 10.3 Å². The zero-order chi connectivity index (χ0) is 28.1. The molecule has 0 aliphatic carbocycles. The Labute approximate surface area is 241 Å². The van der Waals surface area contributed by atoms with E-state index in [1.165, 1.54) is 16.8 Å². The number of nitrogens with one attached hydrogen (secondary N) is 2. The van der Waals surface area contributed by atoms with E-state index in [0.29, 0.717) is 15.8 Å². The van der Waals surface area contributed by atoms with Gasteiger partial charge in [0.15, 0.2) is 5.11 Å². The monoisotopic (exact) mass is 559 g/mol. The second-order valence-electron chi connectivity index (χ2n) is 11.1. The second-order valence-corrected chi connectivity index (χ2v) is 11.9. The van der Waals surface area contributed by atoms with Gasteiger partial charge in [0, 0.05) is 36.1 Å². The molecule has 0 saturated carbocycles. The summed E-state index contributed by atoms with van der Waals surface area (Å²) in [6, 6.07) is 17.9. The summed E-state index contributed by atoms with van der Waals surface area (Å²) >= 11 is 12.6. The van der Waals surface area contributed by atoms with Crippen molar-refractivity contribution in [3.8, 4) is 0 Å². The van der Waals surface area contributed by atoms with Gasteiger partial charge in [-0.05, 0) is 86.6 Å². The smallest absolute Gasteiger partial charge is 0.226 e. The van der Waals surface area contributed by atoms with Crippen molar-refractivity contribution in [2.45, 2.75) is 52.2 Å². The predicted molar refractivity (Wildman–Crippen MR) is 165 cm³/mol. The molecule has 0 bridgehead atoms. The average molecular weight is 560 g/mol. The van der Waals surface area contributed by atoms with Crippen LogP contribution in [0.25, 0.3) is 5.57 Å². The first kappa shape index (κ1) is 27.2. The molecule has 0 spiro atoms. The third-order valence-corrected chi connectivity index (χ3v) is 8.32. The number of amides is 1. The van der Waals surface area contributed by atoms with Gasteiger partial charge < -0.3 is 20.4 Å². The first-order valence-corrected chi connectivity index (χ1v) is 13.9. The van der Waals surface area contributed by atoms with E-state index in [1.807, 2.05) is 50.2 Å². The molecule has 6 nitrogen and oxygen atoms in total. The highest BCUT2D eigenvalue weighted by molar-refractivity contribution is 7.80. The van der Waals surface area contributed by atoms with Gasteiger partial charge in [0.2, 0.25) is 5.91 Å². The van der Waals surface area contributed by atoms with Crippen molar-refractivity contribution in [3.63, 3.8) is 0 Å². The number of benzene rings is 2. The number of hydrogen-bond donors (Lipinski definition) is 2. The molecule has 39 heavy (non-hydrogen) atoms. The summed E-state index contributed by atoms with van der Waals surface area (Å²) in [6.45, 7) is 10.3. The number of hydrogen-bond acceptors (Lipinski definition) is 4. The highest BCUT2D eigenvalue weighted by atomic mass is 35.5. The summed E-state index contributed by atoms with van der Waals surface area (Å²) in [7, 11) is 2.14. The van der Waals surface area contributed by atoms with Gasteiger partial charge in [0.05, 0.1) is 34.0 Å².